The van der Waals surface area contributed by atoms with Crippen molar-refractivity contribution >= 4 is 0 Å². The number of rotatable bonds is 5. The smallest absolute Gasteiger partial charge is 0.383 e. The van der Waals surface area contributed by atoms with Gasteiger partial charge in [0.1, 0.15) is 0 Å². The summed E-state index contributed by atoms with van der Waals surface area (Å²) in [5.74, 6) is 0. The molecule has 0 aromatic carbocycles. The van der Waals surface area contributed by atoms with Crippen LogP contribution in [0.4, 0.5) is 13.2 Å². The van der Waals surface area contributed by atoms with Crippen LogP contribution in [0.3, 0.4) is 0 Å². The Balaban J connectivity index is 3.75. The van der Waals surface area contributed by atoms with Crippen LogP contribution in [0.5, 0.6) is 0 Å². The van der Waals surface area contributed by atoms with Gasteiger partial charge >= 0.3 is 6.18 Å². The predicted octanol–water partition coefficient (Wildman–Crippen LogP) is 0.224. The third-order valence-electron chi connectivity index (χ3n) is 2.15. The van der Waals surface area contributed by atoms with Crippen molar-refractivity contribution in [3.05, 3.63) is 0 Å². The van der Waals surface area contributed by atoms with Crippen LogP contribution < -0.4 is 4.90 Å². The lowest BCUT2D eigenvalue weighted by Gasteiger charge is -2.19. The van der Waals surface area contributed by atoms with Gasteiger partial charge in [0.15, 0.2) is 6.10 Å². The fourth-order valence-corrected chi connectivity index (χ4v) is 1.11. The standard InChI is InChI=1S/C8H16F3NO/c1-3-12(4-2)6-5-7(13)8(9,10)11/h7,13H,3-6H2,1-2H3/p+1/t7-/m1/s1. The first kappa shape index (κ1) is 12.7. The molecule has 0 saturated carbocycles. The molecule has 0 amide bonds. The first-order valence-corrected chi connectivity index (χ1v) is 4.50. The molecule has 0 aliphatic rings. The Morgan fingerprint density at radius 2 is 1.69 bits per heavy atom. The average molecular weight is 200 g/mol. The number of aliphatic hydroxyl groups is 1. The van der Waals surface area contributed by atoms with Crippen LogP contribution in [-0.4, -0.2) is 37.0 Å². The summed E-state index contributed by atoms with van der Waals surface area (Å²) >= 11 is 0. The van der Waals surface area contributed by atoms with Crippen LogP contribution in [0, 0.1) is 0 Å². The summed E-state index contributed by atoms with van der Waals surface area (Å²) in [5, 5.41) is 8.69. The van der Waals surface area contributed by atoms with Gasteiger partial charge in [0.05, 0.1) is 19.6 Å². The predicted molar refractivity (Wildman–Crippen MR) is 43.6 cm³/mol. The van der Waals surface area contributed by atoms with Gasteiger partial charge in [-0.2, -0.15) is 13.2 Å². The molecule has 0 fully saturated rings. The number of nitrogens with one attached hydrogen (secondary N) is 1. The summed E-state index contributed by atoms with van der Waals surface area (Å²) in [4.78, 5) is 1.07. The van der Waals surface area contributed by atoms with Crippen molar-refractivity contribution in [3.8, 4) is 0 Å². The highest BCUT2D eigenvalue weighted by atomic mass is 19.4. The fourth-order valence-electron chi connectivity index (χ4n) is 1.11. The van der Waals surface area contributed by atoms with Gasteiger partial charge < -0.3 is 10.0 Å². The summed E-state index contributed by atoms with van der Waals surface area (Å²) in [6.07, 6.45) is -6.84. The Morgan fingerprint density at radius 3 is 2.00 bits per heavy atom. The highest BCUT2D eigenvalue weighted by molar-refractivity contribution is 4.63. The topological polar surface area (TPSA) is 24.7 Å². The lowest BCUT2D eigenvalue weighted by Crippen LogP contribution is -3.11. The molecule has 0 rings (SSSR count). The van der Waals surface area contributed by atoms with E-state index in [1.165, 1.54) is 0 Å². The van der Waals surface area contributed by atoms with Crippen LogP contribution in [0.1, 0.15) is 20.3 Å². The number of hydrogen-bond acceptors (Lipinski definition) is 1. The van der Waals surface area contributed by atoms with Crippen molar-refractivity contribution in [2.75, 3.05) is 19.6 Å². The second kappa shape index (κ2) is 5.44. The van der Waals surface area contributed by atoms with E-state index in [1.807, 2.05) is 13.8 Å². The van der Waals surface area contributed by atoms with E-state index in [0.29, 0.717) is 6.54 Å². The van der Waals surface area contributed by atoms with Gasteiger partial charge in [-0.1, -0.05) is 0 Å². The van der Waals surface area contributed by atoms with Gasteiger partial charge in [-0.3, -0.25) is 0 Å². The molecular formula is C8H17F3NO+. The van der Waals surface area contributed by atoms with E-state index in [1.54, 1.807) is 0 Å². The highest BCUT2D eigenvalue weighted by Crippen LogP contribution is 2.21. The van der Waals surface area contributed by atoms with Gasteiger partial charge in [0, 0.05) is 6.42 Å². The van der Waals surface area contributed by atoms with E-state index in [4.69, 9.17) is 5.11 Å². The quantitative estimate of drug-likeness (QED) is 0.652. The number of hydrogen-bond donors (Lipinski definition) is 2. The van der Waals surface area contributed by atoms with Crippen molar-refractivity contribution in [2.45, 2.75) is 32.5 Å². The first-order chi connectivity index (χ1) is 5.91. The van der Waals surface area contributed by atoms with E-state index < -0.39 is 12.3 Å². The second-order valence-electron chi connectivity index (χ2n) is 3.05. The highest BCUT2D eigenvalue weighted by Gasteiger charge is 2.38. The van der Waals surface area contributed by atoms with Crippen molar-refractivity contribution in [1.82, 2.24) is 0 Å². The Morgan fingerprint density at radius 1 is 1.23 bits per heavy atom. The van der Waals surface area contributed by atoms with Crippen LogP contribution in [0.25, 0.3) is 0 Å². The molecular weight excluding hydrogens is 183 g/mol. The summed E-state index contributed by atoms with van der Waals surface area (Å²) in [6.45, 7) is 5.79. The zero-order valence-corrected chi connectivity index (χ0v) is 7.99. The molecule has 1 atom stereocenters. The third kappa shape index (κ3) is 5.10. The fraction of sp³-hybridized carbons (Fsp3) is 1.00. The normalized spacial score (nSPS) is 15.0. The van der Waals surface area contributed by atoms with E-state index in [9.17, 15) is 13.2 Å². The van der Waals surface area contributed by atoms with Gasteiger partial charge in [-0.05, 0) is 13.8 Å². The molecule has 0 bridgehead atoms. The molecule has 0 heterocycles. The monoisotopic (exact) mass is 200 g/mol. The van der Waals surface area contributed by atoms with E-state index in [0.717, 1.165) is 18.0 Å². The molecule has 2 nitrogen and oxygen atoms in total. The minimum absolute atomic E-state index is 0.208. The van der Waals surface area contributed by atoms with Crippen molar-refractivity contribution < 1.29 is 23.2 Å². The summed E-state index contributed by atoms with van der Waals surface area (Å²) in [7, 11) is 0. The molecule has 0 unspecified atom stereocenters. The maximum atomic E-state index is 11.8. The van der Waals surface area contributed by atoms with E-state index >= 15 is 0 Å². The average Bonchev–Trinajstić information content (AvgIpc) is 2.04. The number of alkyl halides is 3. The Hall–Kier alpha value is -0.290. The molecule has 0 aliphatic carbocycles. The van der Waals surface area contributed by atoms with Crippen molar-refractivity contribution in [2.24, 2.45) is 0 Å². The maximum Gasteiger partial charge on any atom is 0.414 e. The van der Waals surface area contributed by atoms with Gasteiger partial charge in [-0.25, -0.2) is 0 Å². The van der Waals surface area contributed by atoms with E-state index in [2.05, 4.69) is 0 Å². The van der Waals surface area contributed by atoms with Crippen LogP contribution in [0.2, 0.25) is 0 Å². The van der Waals surface area contributed by atoms with Crippen LogP contribution in [0.15, 0.2) is 0 Å². The zero-order valence-electron chi connectivity index (χ0n) is 7.99. The molecule has 0 aromatic heterocycles. The number of halogens is 3. The molecule has 13 heavy (non-hydrogen) atoms. The lowest BCUT2D eigenvalue weighted by molar-refractivity contribution is -0.897. The lowest BCUT2D eigenvalue weighted by atomic mass is 10.2. The Labute approximate surface area is 76.3 Å². The molecule has 2 N–H and O–H groups in total. The zero-order chi connectivity index (χ0) is 10.5. The van der Waals surface area contributed by atoms with Crippen molar-refractivity contribution in [1.29, 1.82) is 0 Å². The molecule has 0 spiro atoms. The largest absolute Gasteiger partial charge is 0.414 e. The first-order valence-electron chi connectivity index (χ1n) is 4.50. The molecule has 0 aliphatic heterocycles. The summed E-state index contributed by atoms with van der Waals surface area (Å²) in [6, 6.07) is 0. The molecule has 80 valence electrons. The second-order valence-corrected chi connectivity index (χ2v) is 3.05. The SMILES string of the molecule is CC[NH+](CC)CC[C@@H](O)C(F)(F)F. The van der Waals surface area contributed by atoms with Gasteiger partial charge in [0.2, 0.25) is 0 Å². The van der Waals surface area contributed by atoms with E-state index in [-0.39, 0.29) is 6.42 Å². The Kier molecular flexibility index (Phi) is 5.32. The summed E-state index contributed by atoms with van der Waals surface area (Å²) in [5.41, 5.74) is 0. The number of aliphatic hydroxyl groups excluding tert-OH is 1. The molecule has 0 radical (unpaired) electrons. The molecule has 0 saturated heterocycles. The van der Waals surface area contributed by atoms with Gasteiger partial charge in [-0.15, -0.1) is 0 Å². The number of quaternary nitrogens is 1. The Bertz CT molecular complexity index is 134. The van der Waals surface area contributed by atoms with Crippen LogP contribution in [-0.2, 0) is 0 Å². The maximum absolute atomic E-state index is 11.8. The van der Waals surface area contributed by atoms with Gasteiger partial charge in [0.25, 0.3) is 0 Å². The van der Waals surface area contributed by atoms with Crippen molar-refractivity contribution in [3.63, 3.8) is 0 Å². The minimum Gasteiger partial charge on any atom is -0.383 e. The minimum atomic E-state index is -4.47. The molecule has 0 aromatic rings. The molecule has 5 heteroatoms. The third-order valence-corrected chi connectivity index (χ3v) is 2.15. The summed E-state index contributed by atoms with van der Waals surface area (Å²) < 4.78 is 35.5. The van der Waals surface area contributed by atoms with Crippen LogP contribution >= 0.6 is 0 Å².